The first-order valence-corrected chi connectivity index (χ1v) is 7.05. The van der Waals surface area contributed by atoms with Gasteiger partial charge < -0.3 is 10.2 Å². The van der Waals surface area contributed by atoms with Crippen molar-refractivity contribution in [2.24, 2.45) is 0 Å². The van der Waals surface area contributed by atoms with Crippen LogP contribution in [0.4, 0.5) is 0 Å². The van der Waals surface area contributed by atoms with E-state index in [1.54, 1.807) is 11.9 Å². The van der Waals surface area contributed by atoms with Gasteiger partial charge in [-0.2, -0.15) is 0 Å². The zero-order valence-corrected chi connectivity index (χ0v) is 12.2. The second kappa shape index (κ2) is 5.33. The number of rotatable bonds is 2. The van der Waals surface area contributed by atoms with Crippen LogP contribution in [0, 0.1) is 0 Å². The van der Waals surface area contributed by atoms with Crippen molar-refractivity contribution in [2.75, 3.05) is 13.6 Å². The molecule has 2 aromatic rings. The van der Waals surface area contributed by atoms with Crippen LogP contribution in [-0.2, 0) is 4.79 Å². The molecule has 1 aliphatic heterocycles. The molecule has 2 heterocycles. The van der Waals surface area contributed by atoms with Crippen molar-refractivity contribution in [1.82, 2.24) is 15.2 Å². The second-order valence-corrected chi connectivity index (χ2v) is 5.44. The first-order chi connectivity index (χ1) is 10.1. The first-order valence-electron chi connectivity index (χ1n) is 6.67. The highest BCUT2D eigenvalue weighted by Gasteiger charge is 2.30. The van der Waals surface area contributed by atoms with Gasteiger partial charge in [0, 0.05) is 25.2 Å². The van der Waals surface area contributed by atoms with Gasteiger partial charge in [-0.1, -0.05) is 35.9 Å². The summed E-state index contributed by atoms with van der Waals surface area (Å²) in [5, 5.41) is 4.59. The molecule has 0 radical (unpaired) electrons. The third-order valence-electron chi connectivity index (χ3n) is 3.72. The van der Waals surface area contributed by atoms with Gasteiger partial charge in [0.2, 0.25) is 5.91 Å². The number of nitrogens with zero attached hydrogens (tertiary/aromatic N) is 2. The molecule has 1 atom stereocenters. The molecule has 0 spiro atoms. The molecule has 21 heavy (non-hydrogen) atoms. The normalized spacial score (nSPS) is 18.3. The number of carbonyl (C=O) groups is 2. The minimum Gasteiger partial charge on any atom is -0.344 e. The molecule has 1 aromatic heterocycles. The van der Waals surface area contributed by atoms with Gasteiger partial charge in [-0.15, -0.1) is 0 Å². The molecular formula is C15H14ClN3O2. The largest absolute Gasteiger partial charge is 0.344 e. The van der Waals surface area contributed by atoms with E-state index >= 15 is 0 Å². The van der Waals surface area contributed by atoms with E-state index in [0.717, 1.165) is 10.8 Å². The number of aromatic nitrogens is 1. The van der Waals surface area contributed by atoms with E-state index in [0.29, 0.717) is 23.7 Å². The van der Waals surface area contributed by atoms with Crippen LogP contribution in [0.15, 0.2) is 30.5 Å². The average molecular weight is 304 g/mol. The molecule has 0 bridgehead atoms. The number of likely N-dealkylation sites (tertiary alicyclic amines) is 1. The van der Waals surface area contributed by atoms with Gasteiger partial charge in [0.05, 0.1) is 5.56 Å². The van der Waals surface area contributed by atoms with Crippen LogP contribution < -0.4 is 5.32 Å². The minimum absolute atomic E-state index is 0.0606. The zero-order valence-electron chi connectivity index (χ0n) is 11.5. The molecule has 1 unspecified atom stereocenters. The van der Waals surface area contributed by atoms with Gasteiger partial charge in [0.25, 0.3) is 5.91 Å². The summed E-state index contributed by atoms with van der Waals surface area (Å²) in [4.78, 5) is 29.9. The van der Waals surface area contributed by atoms with Crippen molar-refractivity contribution in [3.8, 4) is 0 Å². The van der Waals surface area contributed by atoms with Gasteiger partial charge in [-0.25, -0.2) is 4.98 Å². The van der Waals surface area contributed by atoms with Crippen LogP contribution in [0.1, 0.15) is 16.8 Å². The van der Waals surface area contributed by atoms with Gasteiger partial charge >= 0.3 is 0 Å². The molecule has 1 fully saturated rings. The lowest BCUT2D eigenvalue weighted by atomic mass is 10.1. The lowest BCUT2D eigenvalue weighted by Crippen LogP contribution is -2.40. The summed E-state index contributed by atoms with van der Waals surface area (Å²) in [6.07, 6.45) is 2.07. The van der Waals surface area contributed by atoms with Crippen molar-refractivity contribution in [3.05, 3.63) is 41.2 Å². The van der Waals surface area contributed by atoms with Crippen LogP contribution >= 0.6 is 11.6 Å². The van der Waals surface area contributed by atoms with E-state index in [4.69, 9.17) is 11.6 Å². The number of benzene rings is 1. The number of hydrogen-bond acceptors (Lipinski definition) is 3. The van der Waals surface area contributed by atoms with E-state index in [1.165, 1.54) is 6.20 Å². The van der Waals surface area contributed by atoms with Gasteiger partial charge in [-0.3, -0.25) is 9.59 Å². The molecule has 1 saturated heterocycles. The predicted octanol–water partition coefficient (Wildman–Crippen LogP) is 1.85. The predicted molar refractivity (Wildman–Crippen MR) is 80.3 cm³/mol. The van der Waals surface area contributed by atoms with E-state index < -0.39 is 6.04 Å². The topological polar surface area (TPSA) is 62.3 Å². The van der Waals surface area contributed by atoms with Crippen LogP contribution in [0.5, 0.6) is 0 Å². The van der Waals surface area contributed by atoms with Crippen LogP contribution in [0.25, 0.3) is 10.8 Å². The van der Waals surface area contributed by atoms with Crippen molar-refractivity contribution in [3.63, 3.8) is 0 Å². The number of fused-ring (bicyclic) bond motifs is 1. The molecule has 2 amide bonds. The SMILES string of the molecule is CN1CCC(NC(=O)c2cnc(Cl)c3ccccc23)C1=O. The van der Waals surface area contributed by atoms with Gasteiger partial charge in [-0.05, 0) is 11.8 Å². The summed E-state index contributed by atoms with van der Waals surface area (Å²) >= 11 is 6.04. The Morgan fingerprint density at radius 2 is 2.10 bits per heavy atom. The summed E-state index contributed by atoms with van der Waals surface area (Å²) in [6, 6.07) is 6.85. The summed E-state index contributed by atoms with van der Waals surface area (Å²) in [6.45, 7) is 0.656. The van der Waals surface area contributed by atoms with Gasteiger partial charge in [0.15, 0.2) is 0 Å². The maximum Gasteiger partial charge on any atom is 0.254 e. The highest BCUT2D eigenvalue weighted by Crippen LogP contribution is 2.24. The van der Waals surface area contributed by atoms with E-state index in [2.05, 4.69) is 10.3 Å². The van der Waals surface area contributed by atoms with Crippen LogP contribution in [0.2, 0.25) is 5.15 Å². The number of halogens is 1. The Hall–Kier alpha value is -2.14. The highest BCUT2D eigenvalue weighted by atomic mass is 35.5. The van der Waals surface area contributed by atoms with Crippen molar-refractivity contribution < 1.29 is 9.59 Å². The zero-order chi connectivity index (χ0) is 15.0. The van der Waals surface area contributed by atoms with Crippen molar-refractivity contribution in [2.45, 2.75) is 12.5 Å². The number of pyridine rings is 1. The molecule has 1 N–H and O–H groups in total. The Labute approximate surface area is 126 Å². The first kappa shape index (κ1) is 13.8. The Balaban J connectivity index is 1.92. The number of likely N-dealkylation sites (N-methyl/N-ethyl adjacent to an activating group) is 1. The Bertz CT molecular complexity index is 732. The highest BCUT2D eigenvalue weighted by molar-refractivity contribution is 6.34. The van der Waals surface area contributed by atoms with Crippen LogP contribution in [0.3, 0.4) is 0 Å². The summed E-state index contributed by atoms with van der Waals surface area (Å²) in [7, 11) is 1.73. The van der Waals surface area contributed by atoms with Gasteiger partial charge in [0.1, 0.15) is 11.2 Å². The maximum absolute atomic E-state index is 12.4. The molecular weight excluding hydrogens is 290 g/mol. The molecule has 1 aromatic carbocycles. The molecule has 0 saturated carbocycles. The van der Waals surface area contributed by atoms with E-state index in [9.17, 15) is 9.59 Å². The molecule has 0 aliphatic carbocycles. The Kier molecular flexibility index (Phi) is 3.51. The minimum atomic E-state index is -0.461. The van der Waals surface area contributed by atoms with Crippen LogP contribution in [-0.4, -0.2) is 41.3 Å². The van der Waals surface area contributed by atoms with Crippen molar-refractivity contribution >= 4 is 34.2 Å². The smallest absolute Gasteiger partial charge is 0.254 e. The maximum atomic E-state index is 12.4. The lowest BCUT2D eigenvalue weighted by Gasteiger charge is -2.13. The fraction of sp³-hybridized carbons (Fsp3) is 0.267. The number of nitrogens with one attached hydrogen (secondary N) is 1. The second-order valence-electron chi connectivity index (χ2n) is 5.08. The molecule has 6 heteroatoms. The van der Waals surface area contributed by atoms with E-state index in [1.807, 2.05) is 24.3 Å². The standard InChI is InChI=1S/C15H14ClN3O2/c1-19-7-6-12(15(19)21)18-14(20)11-8-17-13(16)10-5-3-2-4-9(10)11/h2-5,8,12H,6-7H2,1H3,(H,18,20). The third-order valence-corrected chi connectivity index (χ3v) is 4.03. The fourth-order valence-electron chi connectivity index (χ4n) is 2.53. The summed E-state index contributed by atoms with van der Waals surface area (Å²) in [5.74, 6) is -0.362. The van der Waals surface area contributed by atoms with Crippen molar-refractivity contribution in [1.29, 1.82) is 0 Å². The lowest BCUT2D eigenvalue weighted by molar-refractivity contribution is -0.128. The average Bonchev–Trinajstić information content (AvgIpc) is 2.80. The fourth-order valence-corrected chi connectivity index (χ4v) is 2.75. The molecule has 5 nitrogen and oxygen atoms in total. The quantitative estimate of drug-likeness (QED) is 0.861. The monoisotopic (exact) mass is 303 g/mol. The molecule has 3 rings (SSSR count). The molecule has 1 aliphatic rings. The summed E-state index contributed by atoms with van der Waals surface area (Å²) in [5.41, 5.74) is 0.428. The third kappa shape index (κ3) is 2.45. The Morgan fingerprint density at radius 3 is 2.76 bits per heavy atom. The number of amides is 2. The Morgan fingerprint density at radius 1 is 1.38 bits per heavy atom. The number of hydrogen-bond donors (Lipinski definition) is 1. The number of carbonyl (C=O) groups excluding carboxylic acids is 2. The van der Waals surface area contributed by atoms with E-state index in [-0.39, 0.29) is 11.8 Å². The molecule has 108 valence electrons. The summed E-state index contributed by atoms with van der Waals surface area (Å²) < 4.78 is 0.